The molecule has 3 nitrogen and oxygen atoms in total. The third-order valence-electron chi connectivity index (χ3n) is 3.65. The van der Waals surface area contributed by atoms with Crippen molar-refractivity contribution in [3.63, 3.8) is 0 Å². The predicted molar refractivity (Wildman–Crippen MR) is 69.5 cm³/mol. The molecular formula is C15H20O3. The number of carbonyl (C=O) groups is 1. The van der Waals surface area contributed by atoms with E-state index in [0.29, 0.717) is 19.1 Å². The highest BCUT2D eigenvalue weighted by atomic mass is 16.5. The summed E-state index contributed by atoms with van der Waals surface area (Å²) in [6, 6.07) is 7.88. The van der Waals surface area contributed by atoms with Gasteiger partial charge in [-0.1, -0.05) is 18.6 Å². The highest BCUT2D eigenvalue weighted by molar-refractivity contribution is 5.54. The van der Waals surface area contributed by atoms with Gasteiger partial charge in [0, 0.05) is 5.92 Å². The van der Waals surface area contributed by atoms with Crippen LogP contribution in [0, 0.1) is 11.8 Å². The van der Waals surface area contributed by atoms with E-state index in [0.717, 1.165) is 36.9 Å². The van der Waals surface area contributed by atoms with Crippen molar-refractivity contribution in [1.82, 2.24) is 0 Å². The van der Waals surface area contributed by atoms with Gasteiger partial charge in [-0.3, -0.25) is 0 Å². The molecule has 1 fully saturated rings. The molecule has 0 bridgehead atoms. The Bertz CT molecular complexity index is 372. The van der Waals surface area contributed by atoms with E-state index >= 15 is 0 Å². The summed E-state index contributed by atoms with van der Waals surface area (Å²) >= 11 is 0. The van der Waals surface area contributed by atoms with Gasteiger partial charge in [0.2, 0.25) is 0 Å². The molecule has 1 saturated carbocycles. The summed E-state index contributed by atoms with van der Waals surface area (Å²) in [6.45, 7) is 1.29. The standard InChI is InChI=1S/C15H20O3/c1-17-15-7-5-12(6-8-15)10-18-11-14-4-2-3-13(14)9-16/h5-9,13-14H,2-4,10-11H2,1H3/t13-,14-/m0/s1. The average Bonchev–Trinajstić information content (AvgIpc) is 2.87. The maximum Gasteiger partial charge on any atom is 0.123 e. The summed E-state index contributed by atoms with van der Waals surface area (Å²) in [5.41, 5.74) is 1.14. The fraction of sp³-hybridized carbons (Fsp3) is 0.533. The molecule has 2 atom stereocenters. The highest BCUT2D eigenvalue weighted by Gasteiger charge is 2.26. The summed E-state index contributed by atoms with van der Waals surface area (Å²) in [5.74, 6) is 1.48. The minimum atomic E-state index is 0.209. The monoisotopic (exact) mass is 248 g/mol. The smallest absolute Gasteiger partial charge is 0.123 e. The molecule has 1 aromatic rings. The fourth-order valence-corrected chi connectivity index (χ4v) is 2.50. The van der Waals surface area contributed by atoms with Crippen molar-refractivity contribution in [3.8, 4) is 5.75 Å². The van der Waals surface area contributed by atoms with Gasteiger partial charge >= 0.3 is 0 Å². The molecule has 3 heteroatoms. The molecule has 2 rings (SSSR count). The van der Waals surface area contributed by atoms with E-state index in [1.807, 2.05) is 24.3 Å². The first-order chi connectivity index (χ1) is 8.83. The molecule has 0 aromatic heterocycles. The number of benzene rings is 1. The molecule has 0 radical (unpaired) electrons. The van der Waals surface area contributed by atoms with E-state index in [9.17, 15) is 4.79 Å². The molecule has 18 heavy (non-hydrogen) atoms. The zero-order chi connectivity index (χ0) is 12.8. The van der Waals surface area contributed by atoms with E-state index in [1.165, 1.54) is 0 Å². The molecule has 0 N–H and O–H groups in total. The highest BCUT2D eigenvalue weighted by Crippen LogP contribution is 2.30. The number of ether oxygens (including phenoxy) is 2. The molecule has 0 spiro atoms. The van der Waals surface area contributed by atoms with Gasteiger partial charge in [-0.05, 0) is 36.5 Å². The van der Waals surface area contributed by atoms with Crippen LogP contribution in [0.4, 0.5) is 0 Å². The van der Waals surface area contributed by atoms with E-state index in [4.69, 9.17) is 9.47 Å². The van der Waals surface area contributed by atoms with E-state index in [1.54, 1.807) is 7.11 Å². The maximum absolute atomic E-state index is 10.9. The summed E-state index contributed by atoms with van der Waals surface area (Å²) in [6.07, 6.45) is 4.39. The van der Waals surface area contributed by atoms with Crippen LogP contribution in [0.2, 0.25) is 0 Å². The zero-order valence-corrected chi connectivity index (χ0v) is 10.8. The minimum Gasteiger partial charge on any atom is -0.497 e. The lowest BCUT2D eigenvalue weighted by Gasteiger charge is -2.14. The molecule has 0 saturated heterocycles. The van der Waals surface area contributed by atoms with Crippen LogP contribution in [0.1, 0.15) is 24.8 Å². The number of hydrogen-bond acceptors (Lipinski definition) is 3. The van der Waals surface area contributed by atoms with Crippen LogP contribution in [0.25, 0.3) is 0 Å². The number of carbonyl (C=O) groups excluding carboxylic acids is 1. The summed E-state index contributed by atoms with van der Waals surface area (Å²) < 4.78 is 10.8. The molecular weight excluding hydrogens is 228 g/mol. The van der Waals surface area contributed by atoms with Gasteiger partial charge in [-0.15, -0.1) is 0 Å². The normalized spacial score (nSPS) is 22.9. The number of methoxy groups -OCH3 is 1. The largest absolute Gasteiger partial charge is 0.497 e. The van der Waals surface area contributed by atoms with Gasteiger partial charge in [0.1, 0.15) is 12.0 Å². The molecule has 98 valence electrons. The molecule has 0 heterocycles. The summed E-state index contributed by atoms with van der Waals surface area (Å²) in [4.78, 5) is 10.9. The van der Waals surface area contributed by atoms with Crippen molar-refractivity contribution in [2.24, 2.45) is 11.8 Å². The first kappa shape index (κ1) is 13.1. The van der Waals surface area contributed by atoms with Crippen LogP contribution in [0.15, 0.2) is 24.3 Å². The lowest BCUT2D eigenvalue weighted by Crippen LogP contribution is -2.15. The van der Waals surface area contributed by atoms with E-state index in [-0.39, 0.29) is 5.92 Å². The fourth-order valence-electron chi connectivity index (χ4n) is 2.50. The van der Waals surface area contributed by atoms with Gasteiger partial charge in [0.25, 0.3) is 0 Å². The van der Waals surface area contributed by atoms with Crippen LogP contribution in [0.5, 0.6) is 5.75 Å². The van der Waals surface area contributed by atoms with E-state index in [2.05, 4.69) is 0 Å². The quantitative estimate of drug-likeness (QED) is 0.726. The third kappa shape index (κ3) is 3.33. The van der Waals surface area contributed by atoms with Crippen LogP contribution in [-0.4, -0.2) is 20.0 Å². The lowest BCUT2D eigenvalue weighted by molar-refractivity contribution is -0.112. The van der Waals surface area contributed by atoms with Crippen molar-refractivity contribution >= 4 is 6.29 Å². The van der Waals surface area contributed by atoms with Crippen molar-refractivity contribution in [3.05, 3.63) is 29.8 Å². The topological polar surface area (TPSA) is 35.5 Å². The summed E-state index contributed by atoms with van der Waals surface area (Å²) in [7, 11) is 1.66. The van der Waals surface area contributed by atoms with Crippen LogP contribution in [0.3, 0.4) is 0 Å². The number of aldehydes is 1. The van der Waals surface area contributed by atoms with Gasteiger partial charge in [0.15, 0.2) is 0 Å². The third-order valence-corrected chi connectivity index (χ3v) is 3.65. The van der Waals surface area contributed by atoms with Crippen LogP contribution < -0.4 is 4.74 Å². The Labute approximate surface area is 108 Å². The Morgan fingerprint density at radius 1 is 1.28 bits per heavy atom. The minimum absolute atomic E-state index is 0.209. The Kier molecular flexibility index (Phi) is 4.76. The van der Waals surface area contributed by atoms with Crippen molar-refractivity contribution in [2.75, 3.05) is 13.7 Å². The molecule has 1 aliphatic carbocycles. The molecule has 0 aliphatic heterocycles. The molecule has 0 unspecified atom stereocenters. The van der Waals surface area contributed by atoms with Gasteiger partial charge < -0.3 is 14.3 Å². The van der Waals surface area contributed by atoms with Gasteiger partial charge in [-0.2, -0.15) is 0 Å². The summed E-state index contributed by atoms with van der Waals surface area (Å²) in [5, 5.41) is 0. The Morgan fingerprint density at radius 2 is 2.06 bits per heavy atom. The zero-order valence-electron chi connectivity index (χ0n) is 10.8. The second kappa shape index (κ2) is 6.55. The molecule has 1 aliphatic rings. The first-order valence-corrected chi connectivity index (χ1v) is 6.49. The van der Waals surface area contributed by atoms with E-state index < -0.39 is 0 Å². The molecule has 1 aromatic carbocycles. The van der Waals surface area contributed by atoms with Crippen molar-refractivity contribution in [1.29, 1.82) is 0 Å². The SMILES string of the molecule is COc1ccc(COC[C@@H]2CCC[C@H]2C=O)cc1. The average molecular weight is 248 g/mol. The van der Waals surface area contributed by atoms with Gasteiger partial charge in [0.05, 0.1) is 20.3 Å². The number of rotatable bonds is 6. The second-order valence-corrected chi connectivity index (χ2v) is 4.85. The van der Waals surface area contributed by atoms with Crippen molar-refractivity contribution in [2.45, 2.75) is 25.9 Å². The van der Waals surface area contributed by atoms with Gasteiger partial charge in [-0.25, -0.2) is 0 Å². The molecule has 0 amide bonds. The maximum atomic E-state index is 10.9. The predicted octanol–water partition coefficient (Wildman–Crippen LogP) is 2.83. The van der Waals surface area contributed by atoms with Crippen LogP contribution in [-0.2, 0) is 16.1 Å². The Hall–Kier alpha value is -1.35. The number of hydrogen-bond donors (Lipinski definition) is 0. The first-order valence-electron chi connectivity index (χ1n) is 6.49. The van der Waals surface area contributed by atoms with Crippen LogP contribution >= 0.6 is 0 Å². The lowest BCUT2D eigenvalue weighted by atomic mass is 9.99. The second-order valence-electron chi connectivity index (χ2n) is 4.85. The van der Waals surface area contributed by atoms with Crippen molar-refractivity contribution < 1.29 is 14.3 Å². The Morgan fingerprint density at radius 3 is 2.72 bits per heavy atom. The Balaban J connectivity index is 1.75.